The van der Waals surface area contributed by atoms with Gasteiger partial charge in [0.2, 0.25) is 0 Å². The number of imidazole rings is 1. The van der Waals surface area contributed by atoms with Gasteiger partial charge < -0.3 is 15.4 Å². The first-order chi connectivity index (χ1) is 8.84. The van der Waals surface area contributed by atoms with Crippen LogP contribution in [0.5, 0.6) is 0 Å². The maximum absolute atomic E-state index is 10.2. The predicted molar refractivity (Wildman–Crippen MR) is 81.2 cm³/mol. The van der Waals surface area contributed by atoms with Gasteiger partial charge in [-0.25, -0.2) is 4.98 Å². The van der Waals surface area contributed by atoms with Crippen LogP contribution >= 0.6 is 15.9 Å². The fourth-order valence-corrected chi connectivity index (χ4v) is 2.58. The molecule has 1 atom stereocenters. The molecule has 1 aromatic heterocycles. The van der Waals surface area contributed by atoms with Gasteiger partial charge in [0.15, 0.2) is 0 Å². The molecule has 19 heavy (non-hydrogen) atoms. The number of nitrogens with two attached hydrogens (primary N) is 1. The zero-order chi connectivity index (χ0) is 14.2. The van der Waals surface area contributed by atoms with Crippen molar-refractivity contribution in [2.45, 2.75) is 38.8 Å². The monoisotopic (exact) mass is 325 g/mol. The van der Waals surface area contributed by atoms with E-state index < -0.39 is 5.60 Å². The second-order valence-corrected chi connectivity index (χ2v) is 6.42. The van der Waals surface area contributed by atoms with E-state index in [9.17, 15) is 5.11 Å². The summed E-state index contributed by atoms with van der Waals surface area (Å²) in [7, 11) is 0. The Morgan fingerprint density at radius 3 is 2.74 bits per heavy atom. The highest BCUT2D eigenvalue weighted by molar-refractivity contribution is 9.10. The van der Waals surface area contributed by atoms with Gasteiger partial charge in [0.1, 0.15) is 5.82 Å². The second kappa shape index (κ2) is 5.23. The summed E-state index contributed by atoms with van der Waals surface area (Å²) >= 11 is 3.46. The minimum Gasteiger partial charge on any atom is -0.388 e. The lowest BCUT2D eigenvalue weighted by Gasteiger charge is -2.22. The molecular formula is C14H20BrN3O. The molecule has 2 aromatic rings. The van der Waals surface area contributed by atoms with Crippen LogP contribution in [0.2, 0.25) is 0 Å². The number of benzene rings is 1. The van der Waals surface area contributed by atoms with Gasteiger partial charge in [-0.3, -0.25) is 0 Å². The molecule has 0 saturated carbocycles. The van der Waals surface area contributed by atoms with Gasteiger partial charge in [0, 0.05) is 23.5 Å². The molecule has 1 aromatic carbocycles. The second-order valence-electron chi connectivity index (χ2n) is 5.50. The number of hydrogen-bond acceptors (Lipinski definition) is 3. The van der Waals surface area contributed by atoms with E-state index >= 15 is 0 Å². The smallest absolute Gasteiger partial charge is 0.113 e. The Bertz CT molecular complexity index is 590. The van der Waals surface area contributed by atoms with Crippen LogP contribution in [0.4, 0.5) is 0 Å². The van der Waals surface area contributed by atoms with Crippen LogP contribution < -0.4 is 5.73 Å². The van der Waals surface area contributed by atoms with E-state index in [-0.39, 0.29) is 12.6 Å². The summed E-state index contributed by atoms with van der Waals surface area (Å²) in [5.41, 5.74) is 6.70. The van der Waals surface area contributed by atoms with Crippen molar-refractivity contribution < 1.29 is 5.11 Å². The van der Waals surface area contributed by atoms with Crippen molar-refractivity contribution in [1.82, 2.24) is 9.55 Å². The summed E-state index contributed by atoms with van der Waals surface area (Å²) in [4.78, 5) is 4.65. The van der Waals surface area contributed by atoms with Crippen LogP contribution in [0.15, 0.2) is 22.7 Å². The number of fused-ring (bicyclic) bond motifs is 1. The molecule has 0 aliphatic carbocycles. The first kappa shape index (κ1) is 14.5. The van der Waals surface area contributed by atoms with E-state index in [2.05, 4.69) is 39.3 Å². The fourth-order valence-electron chi connectivity index (χ4n) is 2.24. The predicted octanol–water partition coefficient (Wildman–Crippen LogP) is 2.63. The Labute approximate surface area is 121 Å². The number of aliphatic hydroxyl groups is 1. The molecule has 0 aliphatic rings. The minimum atomic E-state index is -0.925. The molecule has 0 amide bonds. The number of halogens is 1. The van der Waals surface area contributed by atoms with E-state index in [1.807, 2.05) is 18.2 Å². The van der Waals surface area contributed by atoms with Crippen molar-refractivity contribution in [1.29, 1.82) is 0 Å². The largest absolute Gasteiger partial charge is 0.388 e. The van der Waals surface area contributed by atoms with Crippen molar-refractivity contribution in [3.63, 3.8) is 0 Å². The quantitative estimate of drug-likeness (QED) is 0.908. The van der Waals surface area contributed by atoms with Gasteiger partial charge in [0.25, 0.3) is 0 Å². The third kappa shape index (κ3) is 2.99. The molecule has 0 saturated heterocycles. The number of nitrogens with zero attached hydrogens (tertiary/aromatic N) is 2. The molecule has 5 heteroatoms. The summed E-state index contributed by atoms with van der Waals surface area (Å²) in [6.45, 7) is 6.19. The van der Waals surface area contributed by atoms with E-state index in [0.29, 0.717) is 6.42 Å². The number of hydrogen-bond donors (Lipinski definition) is 2. The molecule has 0 spiro atoms. The number of rotatable bonds is 4. The average molecular weight is 326 g/mol. The van der Waals surface area contributed by atoms with Crippen molar-refractivity contribution in [3.8, 4) is 0 Å². The van der Waals surface area contributed by atoms with Gasteiger partial charge in [-0.2, -0.15) is 0 Å². The third-order valence-electron chi connectivity index (χ3n) is 3.22. The van der Waals surface area contributed by atoms with Crippen LogP contribution in [0.3, 0.4) is 0 Å². The van der Waals surface area contributed by atoms with Crippen LogP contribution in [0.1, 0.15) is 32.6 Å². The van der Waals surface area contributed by atoms with Gasteiger partial charge in [-0.15, -0.1) is 0 Å². The molecule has 1 unspecified atom stereocenters. The first-order valence-corrected chi connectivity index (χ1v) is 7.22. The Morgan fingerprint density at radius 1 is 1.47 bits per heavy atom. The molecule has 1 heterocycles. The van der Waals surface area contributed by atoms with E-state index in [1.54, 1.807) is 6.92 Å². The highest BCUT2D eigenvalue weighted by Gasteiger charge is 2.24. The summed E-state index contributed by atoms with van der Waals surface area (Å²) in [5, 5.41) is 10.2. The lowest BCUT2D eigenvalue weighted by atomic mass is 10.0. The van der Waals surface area contributed by atoms with E-state index in [4.69, 9.17) is 5.73 Å². The normalized spacial score (nSPS) is 15.1. The van der Waals surface area contributed by atoms with E-state index in [1.165, 1.54) is 0 Å². The molecule has 0 fully saturated rings. The molecule has 0 bridgehead atoms. The van der Waals surface area contributed by atoms with Gasteiger partial charge in [-0.1, -0.05) is 15.9 Å². The lowest BCUT2D eigenvalue weighted by molar-refractivity contribution is 0.0665. The SMILES string of the molecule is CC(C)n1c(CC(C)(O)CN)nc2cc(Br)ccc21. The molecule has 0 aliphatic heterocycles. The van der Waals surface area contributed by atoms with Crippen LogP contribution in [-0.4, -0.2) is 26.8 Å². The summed E-state index contributed by atoms with van der Waals surface area (Å²) in [5.74, 6) is 0.874. The maximum Gasteiger partial charge on any atom is 0.113 e. The molecule has 4 nitrogen and oxygen atoms in total. The molecule has 2 rings (SSSR count). The standard InChI is InChI=1S/C14H20BrN3O/c1-9(2)18-12-5-4-10(15)6-11(12)17-13(18)7-14(3,19)8-16/h4-6,9,19H,7-8,16H2,1-3H3. The summed E-state index contributed by atoms with van der Waals surface area (Å²) in [6, 6.07) is 6.34. The maximum atomic E-state index is 10.2. The zero-order valence-electron chi connectivity index (χ0n) is 11.5. The van der Waals surface area contributed by atoms with Gasteiger partial charge in [-0.05, 0) is 39.0 Å². The Hall–Kier alpha value is -0.910. The molecule has 104 valence electrons. The first-order valence-electron chi connectivity index (χ1n) is 6.43. The Morgan fingerprint density at radius 2 is 2.16 bits per heavy atom. The summed E-state index contributed by atoms with van der Waals surface area (Å²) < 4.78 is 3.16. The van der Waals surface area contributed by atoms with Crippen molar-refractivity contribution >= 4 is 27.0 Å². The van der Waals surface area contributed by atoms with Crippen molar-refractivity contribution in [3.05, 3.63) is 28.5 Å². The highest BCUT2D eigenvalue weighted by atomic mass is 79.9. The molecule has 3 N–H and O–H groups in total. The van der Waals surface area contributed by atoms with Crippen molar-refractivity contribution in [2.75, 3.05) is 6.54 Å². The number of aromatic nitrogens is 2. The zero-order valence-corrected chi connectivity index (χ0v) is 13.1. The molecule has 0 radical (unpaired) electrons. The highest BCUT2D eigenvalue weighted by Crippen LogP contribution is 2.26. The fraction of sp³-hybridized carbons (Fsp3) is 0.500. The van der Waals surface area contributed by atoms with Crippen LogP contribution in [-0.2, 0) is 6.42 Å². The van der Waals surface area contributed by atoms with Gasteiger partial charge >= 0.3 is 0 Å². The molecular weight excluding hydrogens is 306 g/mol. The van der Waals surface area contributed by atoms with Gasteiger partial charge in [0.05, 0.1) is 16.6 Å². The third-order valence-corrected chi connectivity index (χ3v) is 3.71. The Kier molecular flexibility index (Phi) is 3.99. The summed E-state index contributed by atoms with van der Waals surface area (Å²) in [6.07, 6.45) is 0.452. The van der Waals surface area contributed by atoms with Crippen molar-refractivity contribution in [2.24, 2.45) is 5.73 Å². The minimum absolute atomic E-state index is 0.220. The lowest BCUT2D eigenvalue weighted by Crippen LogP contribution is -2.37. The Balaban J connectivity index is 2.56. The topological polar surface area (TPSA) is 64.1 Å². The average Bonchev–Trinajstić information content (AvgIpc) is 2.65. The van der Waals surface area contributed by atoms with E-state index in [0.717, 1.165) is 21.3 Å². The van der Waals surface area contributed by atoms with Crippen LogP contribution in [0.25, 0.3) is 11.0 Å². The van der Waals surface area contributed by atoms with Crippen LogP contribution in [0, 0.1) is 0 Å².